The standard InChI is InChI=1S/C10H14.H2S/c1-8(2)10-7-5-4-6-9(10)3;/h4-8H,1-3H3;1H2. The fourth-order valence-corrected chi connectivity index (χ4v) is 1.23. The van der Waals surface area contributed by atoms with E-state index in [9.17, 15) is 0 Å². The maximum Gasteiger partial charge on any atom is -0.0216 e. The molecule has 0 nitrogen and oxygen atoms in total. The number of hydrogen-bond acceptors (Lipinski definition) is 0. The molecule has 0 radical (unpaired) electrons. The minimum atomic E-state index is 0. The summed E-state index contributed by atoms with van der Waals surface area (Å²) in [4.78, 5) is 0. The van der Waals surface area contributed by atoms with Gasteiger partial charge in [0.05, 0.1) is 0 Å². The zero-order chi connectivity index (χ0) is 7.56. The van der Waals surface area contributed by atoms with Crippen molar-refractivity contribution in [3.05, 3.63) is 35.4 Å². The highest BCUT2D eigenvalue weighted by Crippen LogP contribution is 2.17. The molecule has 1 rings (SSSR count). The van der Waals surface area contributed by atoms with Crippen molar-refractivity contribution >= 4 is 13.5 Å². The third-order valence-electron chi connectivity index (χ3n) is 1.81. The number of hydrogen-bond donors (Lipinski definition) is 0. The number of aryl methyl sites for hydroxylation is 1. The van der Waals surface area contributed by atoms with Crippen molar-refractivity contribution in [1.82, 2.24) is 0 Å². The van der Waals surface area contributed by atoms with Crippen LogP contribution >= 0.6 is 13.5 Å². The van der Waals surface area contributed by atoms with Crippen molar-refractivity contribution in [3.63, 3.8) is 0 Å². The van der Waals surface area contributed by atoms with E-state index >= 15 is 0 Å². The molecular formula is C10H16S. The second kappa shape index (κ2) is 4.45. The summed E-state index contributed by atoms with van der Waals surface area (Å²) in [6.45, 7) is 6.61. The normalized spacial score (nSPS) is 9.45. The topological polar surface area (TPSA) is 0 Å². The summed E-state index contributed by atoms with van der Waals surface area (Å²) in [6.07, 6.45) is 0. The van der Waals surface area contributed by atoms with Gasteiger partial charge in [-0.05, 0) is 24.0 Å². The summed E-state index contributed by atoms with van der Waals surface area (Å²) in [5.74, 6) is 0.654. The molecule has 11 heavy (non-hydrogen) atoms. The summed E-state index contributed by atoms with van der Waals surface area (Å²) >= 11 is 0. The molecule has 0 saturated heterocycles. The van der Waals surface area contributed by atoms with E-state index < -0.39 is 0 Å². The van der Waals surface area contributed by atoms with Crippen molar-refractivity contribution in [2.75, 3.05) is 0 Å². The van der Waals surface area contributed by atoms with Gasteiger partial charge in [0.1, 0.15) is 0 Å². The summed E-state index contributed by atoms with van der Waals surface area (Å²) in [7, 11) is 0. The molecule has 0 aromatic heterocycles. The lowest BCUT2D eigenvalue weighted by Crippen LogP contribution is -1.89. The van der Waals surface area contributed by atoms with E-state index in [1.165, 1.54) is 11.1 Å². The summed E-state index contributed by atoms with van der Waals surface area (Å²) in [5, 5.41) is 0. The van der Waals surface area contributed by atoms with Gasteiger partial charge in [0.2, 0.25) is 0 Å². The Morgan fingerprint density at radius 2 is 1.64 bits per heavy atom. The lowest BCUT2D eigenvalue weighted by atomic mass is 9.99. The first-order valence-corrected chi connectivity index (χ1v) is 3.77. The molecule has 1 heteroatoms. The van der Waals surface area contributed by atoms with Crippen LogP contribution < -0.4 is 0 Å². The van der Waals surface area contributed by atoms with Crippen molar-refractivity contribution in [1.29, 1.82) is 0 Å². The van der Waals surface area contributed by atoms with E-state index in [0.29, 0.717) is 5.92 Å². The predicted molar refractivity (Wildman–Crippen MR) is 55.6 cm³/mol. The average Bonchev–Trinajstić information content (AvgIpc) is 1.88. The van der Waals surface area contributed by atoms with Crippen LogP contribution in [0.25, 0.3) is 0 Å². The minimum Gasteiger partial charge on any atom is -0.197 e. The molecule has 0 bridgehead atoms. The van der Waals surface area contributed by atoms with Gasteiger partial charge in [0.15, 0.2) is 0 Å². The van der Waals surface area contributed by atoms with E-state index in [1.807, 2.05) is 0 Å². The maximum atomic E-state index is 2.22. The minimum absolute atomic E-state index is 0. The second-order valence-corrected chi connectivity index (χ2v) is 3.01. The summed E-state index contributed by atoms with van der Waals surface area (Å²) < 4.78 is 0. The van der Waals surface area contributed by atoms with Crippen molar-refractivity contribution in [3.8, 4) is 0 Å². The van der Waals surface area contributed by atoms with Crippen LogP contribution in [0.15, 0.2) is 24.3 Å². The Labute approximate surface area is 76.1 Å². The van der Waals surface area contributed by atoms with Gasteiger partial charge in [-0.3, -0.25) is 0 Å². The Morgan fingerprint density at radius 3 is 2.00 bits per heavy atom. The van der Waals surface area contributed by atoms with Gasteiger partial charge in [-0.1, -0.05) is 38.1 Å². The smallest absolute Gasteiger partial charge is 0.0216 e. The monoisotopic (exact) mass is 168 g/mol. The van der Waals surface area contributed by atoms with Gasteiger partial charge < -0.3 is 0 Å². The molecule has 1 aromatic rings. The molecule has 0 unspecified atom stereocenters. The quantitative estimate of drug-likeness (QED) is 0.604. The van der Waals surface area contributed by atoms with E-state index in [4.69, 9.17) is 0 Å². The van der Waals surface area contributed by atoms with Gasteiger partial charge in [-0.2, -0.15) is 13.5 Å². The number of benzene rings is 1. The molecule has 0 aliphatic heterocycles. The van der Waals surface area contributed by atoms with Crippen LogP contribution in [0.1, 0.15) is 30.9 Å². The van der Waals surface area contributed by atoms with E-state index in [0.717, 1.165) is 0 Å². The lowest BCUT2D eigenvalue weighted by Gasteiger charge is -2.07. The first-order chi connectivity index (χ1) is 4.72. The van der Waals surface area contributed by atoms with Crippen molar-refractivity contribution in [2.24, 2.45) is 0 Å². The highest BCUT2D eigenvalue weighted by molar-refractivity contribution is 7.59. The molecule has 0 N–H and O–H groups in total. The Morgan fingerprint density at radius 1 is 1.09 bits per heavy atom. The summed E-state index contributed by atoms with van der Waals surface area (Å²) in [6, 6.07) is 8.54. The molecule has 0 heterocycles. The SMILES string of the molecule is Cc1ccccc1C(C)C.S. The fourth-order valence-electron chi connectivity index (χ4n) is 1.23. The molecule has 62 valence electrons. The molecule has 0 aliphatic carbocycles. The zero-order valence-electron chi connectivity index (χ0n) is 7.39. The van der Waals surface area contributed by atoms with Gasteiger partial charge in [-0.25, -0.2) is 0 Å². The average molecular weight is 168 g/mol. The third kappa shape index (κ3) is 2.58. The van der Waals surface area contributed by atoms with Crippen LogP contribution in [-0.4, -0.2) is 0 Å². The molecule has 0 aliphatic rings. The van der Waals surface area contributed by atoms with Crippen molar-refractivity contribution < 1.29 is 0 Å². The molecule has 1 aromatic carbocycles. The molecular weight excluding hydrogens is 152 g/mol. The van der Waals surface area contributed by atoms with Crippen LogP contribution in [0.5, 0.6) is 0 Å². The molecule has 0 saturated carbocycles. The highest BCUT2D eigenvalue weighted by Gasteiger charge is 1.99. The first-order valence-electron chi connectivity index (χ1n) is 3.77. The van der Waals surface area contributed by atoms with Crippen molar-refractivity contribution in [2.45, 2.75) is 26.7 Å². The van der Waals surface area contributed by atoms with E-state index in [1.54, 1.807) is 0 Å². The van der Waals surface area contributed by atoms with Crippen LogP contribution in [0, 0.1) is 6.92 Å². The number of rotatable bonds is 1. The molecule has 0 amide bonds. The highest BCUT2D eigenvalue weighted by atomic mass is 32.1. The largest absolute Gasteiger partial charge is 0.197 e. The van der Waals surface area contributed by atoms with Gasteiger partial charge in [0, 0.05) is 0 Å². The Bertz CT molecular complexity index is 216. The second-order valence-electron chi connectivity index (χ2n) is 3.01. The zero-order valence-corrected chi connectivity index (χ0v) is 8.39. The Balaban J connectivity index is 0.000001000. The molecule has 0 atom stereocenters. The van der Waals surface area contributed by atoms with Crippen LogP contribution in [0.4, 0.5) is 0 Å². The van der Waals surface area contributed by atoms with Crippen LogP contribution in [0.2, 0.25) is 0 Å². The van der Waals surface area contributed by atoms with Gasteiger partial charge in [-0.15, -0.1) is 0 Å². The van der Waals surface area contributed by atoms with E-state index in [2.05, 4.69) is 45.0 Å². The predicted octanol–water partition coefficient (Wildman–Crippen LogP) is 3.23. The maximum absolute atomic E-state index is 2.22. The molecule has 0 spiro atoms. The fraction of sp³-hybridized carbons (Fsp3) is 0.400. The van der Waals surface area contributed by atoms with Crippen LogP contribution in [-0.2, 0) is 0 Å². The third-order valence-corrected chi connectivity index (χ3v) is 1.81. The van der Waals surface area contributed by atoms with Gasteiger partial charge in [0.25, 0.3) is 0 Å². The van der Waals surface area contributed by atoms with E-state index in [-0.39, 0.29) is 13.5 Å². The van der Waals surface area contributed by atoms with Gasteiger partial charge >= 0.3 is 0 Å². The Kier molecular flexibility index (Phi) is 4.27. The first kappa shape index (κ1) is 10.6. The molecule has 0 fully saturated rings. The Hall–Kier alpha value is -0.430. The summed E-state index contributed by atoms with van der Waals surface area (Å²) in [5.41, 5.74) is 2.86. The van der Waals surface area contributed by atoms with Crippen LogP contribution in [0.3, 0.4) is 0 Å². The lowest BCUT2D eigenvalue weighted by molar-refractivity contribution is 0.856.